The van der Waals surface area contributed by atoms with Crippen LogP contribution >= 0.6 is 0 Å². The lowest BCUT2D eigenvalue weighted by atomic mass is 9.62. The maximum absolute atomic E-state index is 12.3. The lowest BCUT2D eigenvalue weighted by molar-refractivity contribution is 0.0815. The summed E-state index contributed by atoms with van der Waals surface area (Å²) in [5.41, 5.74) is 1.45. The molecule has 1 heterocycles. The van der Waals surface area contributed by atoms with Gasteiger partial charge in [-0.2, -0.15) is 0 Å². The molecule has 6 heteroatoms. The number of rotatable bonds is 4. The highest BCUT2D eigenvalue weighted by atomic mass is 16.2. The third kappa shape index (κ3) is 4.90. The van der Waals surface area contributed by atoms with Gasteiger partial charge in [0, 0.05) is 12.2 Å². The Hall–Kier alpha value is -2.20. The number of amides is 2. The number of aliphatic imine (C=N–C) groups is 1. The van der Waals surface area contributed by atoms with Crippen LogP contribution < -0.4 is 10.6 Å². The number of nitrogens with zero attached hydrogens (tertiary/aromatic N) is 2. The fourth-order valence-corrected chi connectivity index (χ4v) is 4.04. The van der Waals surface area contributed by atoms with Gasteiger partial charge in [0.05, 0.1) is 17.9 Å². The zero-order valence-corrected chi connectivity index (χ0v) is 14.8. The second-order valence-corrected chi connectivity index (χ2v) is 7.90. The number of hydrogen-bond donors (Lipinski definition) is 2. The third-order valence-corrected chi connectivity index (χ3v) is 4.56. The fraction of sp³-hybridized carbons (Fsp3) is 0.611. The molecule has 1 aromatic rings. The minimum Gasteiger partial charge on any atom is -0.335 e. The molecule has 130 valence electrons. The van der Waals surface area contributed by atoms with Gasteiger partial charge in [-0.25, -0.2) is 14.6 Å². The summed E-state index contributed by atoms with van der Waals surface area (Å²) in [4.78, 5) is 30.8. The van der Waals surface area contributed by atoms with Crippen LogP contribution in [0.3, 0.4) is 0 Å². The molecule has 1 aliphatic rings. The zero-order valence-electron chi connectivity index (χ0n) is 14.8. The number of pyridine rings is 1. The first-order valence-electron chi connectivity index (χ1n) is 8.26. The lowest BCUT2D eigenvalue weighted by Gasteiger charge is -2.46. The lowest BCUT2D eigenvalue weighted by Crippen LogP contribution is -2.48. The molecule has 2 amide bonds. The van der Waals surface area contributed by atoms with Crippen LogP contribution in [0.5, 0.6) is 0 Å². The molecule has 0 aromatic carbocycles. The zero-order chi connectivity index (χ0) is 17.8. The van der Waals surface area contributed by atoms with E-state index in [9.17, 15) is 9.59 Å². The summed E-state index contributed by atoms with van der Waals surface area (Å²) in [5, 5.41) is 5.92. The van der Waals surface area contributed by atoms with Gasteiger partial charge in [-0.3, -0.25) is 4.98 Å². The third-order valence-electron chi connectivity index (χ3n) is 4.56. The Bertz CT molecular complexity index is 652. The van der Waals surface area contributed by atoms with Gasteiger partial charge in [-0.05, 0) is 49.1 Å². The molecule has 2 atom stereocenters. The molecular weight excluding hydrogens is 304 g/mol. The second kappa shape index (κ2) is 7.14. The van der Waals surface area contributed by atoms with E-state index in [0.717, 1.165) is 25.0 Å². The number of carbonyl (C=O) groups excluding carboxylic acids is 2. The van der Waals surface area contributed by atoms with Crippen molar-refractivity contribution in [3.8, 4) is 0 Å². The van der Waals surface area contributed by atoms with Gasteiger partial charge in [-0.15, -0.1) is 0 Å². The number of isocyanates is 1. The van der Waals surface area contributed by atoms with Crippen molar-refractivity contribution in [1.82, 2.24) is 10.3 Å². The molecule has 0 aliphatic heterocycles. The summed E-state index contributed by atoms with van der Waals surface area (Å²) in [6.07, 6.45) is 5.98. The van der Waals surface area contributed by atoms with E-state index < -0.39 is 0 Å². The molecule has 0 bridgehead atoms. The Morgan fingerprint density at radius 2 is 2.17 bits per heavy atom. The van der Waals surface area contributed by atoms with Crippen molar-refractivity contribution < 1.29 is 9.59 Å². The Balaban J connectivity index is 2.03. The number of aromatic nitrogens is 1. The average Bonchev–Trinajstić information content (AvgIpc) is 2.45. The Labute approximate surface area is 143 Å². The van der Waals surface area contributed by atoms with Crippen LogP contribution in [-0.4, -0.2) is 29.7 Å². The van der Waals surface area contributed by atoms with Crippen molar-refractivity contribution in [3.63, 3.8) is 0 Å². The van der Waals surface area contributed by atoms with Gasteiger partial charge in [0.15, 0.2) is 0 Å². The van der Waals surface area contributed by atoms with Crippen LogP contribution in [0, 0.1) is 17.8 Å². The average molecular weight is 330 g/mol. The van der Waals surface area contributed by atoms with E-state index in [4.69, 9.17) is 0 Å². The first-order valence-corrected chi connectivity index (χ1v) is 8.26. The minimum absolute atomic E-state index is 0.0394. The largest absolute Gasteiger partial charge is 0.335 e. The monoisotopic (exact) mass is 330 g/mol. The van der Waals surface area contributed by atoms with Crippen LogP contribution in [0.25, 0.3) is 0 Å². The molecule has 1 saturated carbocycles. The molecule has 1 aromatic heterocycles. The second-order valence-electron chi connectivity index (χ2n) is 7.90. The summed E-state index contributed by atoms with van der Waals surface area (Å²) >= 11 is 0. The first kappa shape index (κ1) is 18.1. The summed E-state index contributed by atoms with van der Waals surface area (Å²) in [5.74, 6) is 0. The summed E-state index contributed by atoms with van der Waals surface area (Å²) in [6.45, 7) is 8.79. The van der Waals surface area contributed by atoms with Gasteiger partial charge in [0.25, 0.3) is 0 Å². The molecule has 2 unspecified atom stereocenters. The van der Waals surface area contributed by atoms with Crippen molar-refractivity contribution in [3.05, 3.63) is 24.0 Å². The van der Waals surface area contributed by atoms with E-state index in [0.29, 0.717) is 12.2 Å². The summed E-state index contributed by atoms with van der Waals surface area (Å²) in [7, 11) is 0. The number of nitrogens with one attached hydrogen (secondary N) is 2. The van der Waals surface area contributed by atoms with Gasteiger partial charge >= 0.3 is 6.03 Å². The van der Waals surface area contributed by atoms with Crippen LogP contribution in [0.1, 0.15) is 45.7 Å². The summed E-state index contributed by atoms with van der Waals surface area (Å²) < 4.78 is 0. The molecule has 2 N–H and O–H groups in total. The standard InChI is InChI=1S/C18H26N4O2/c1-13-15(6-5-7-20-13)22-16(24)21-14-8-17(2,3)10-18(4,9-14)11-19-12-23/h5-7,14H,8-11H2,1-4H3,(H2,21,22,24). The Kier molecular flexibility index (Phi) is 5.40. The Morgan fingerprint density at radius 1 is 1.42 bits per heavy atom. The van der Waals surface area contributed by atoms with Gasteiger partial charge in [0.1, 0.15) is 0 Å². The van der Waals surface area contributed by atoms with Crippen LogP contribution in [-0.2, 0) is 4.79 Å². The highest BCUT2D eigenvalue weighted by Gasteiger charge is 2.41. The van der Waals surface area contributed by atoms with E-state index in [-0.39, 0.29) is 22.9 Å². The SMILES string of the molecule is Cc1ncccc1NC(=O)NC1CC(C)(C)CC(C)(CN=C=O)C1. The fourth-order valence-electron chi connectivity index (χ4n) is 4.04. The van der Waals surface area contributed by atoms with Crippen LogP contribution in [0.15, 0.2) is 23.3 Å². The predicted octanol–water partition coefficient (Wildman–Crippen LogP) is 3.43. The van der Waals surface area contributed by atoms with E-state index >= 15 is 0 Å². The molecule has 24 heavy (non-hydrogen) atoms. The van der Waals surface area contributed by atoms with Crippen molar-refractivity contribution in [2.24, 2.45) is 15.8 Å². The number of carbonyl (C=O) groups is 1. The van der Waals surface area contributed by atoms with Crippen molar-refractivity contribution in [2.45, 2.75) is 53.0 Å². The van der Waals surface area contributed by atoms with Gasteiger partial charge < -0.3 is 10.6 Å². The molecule has 0 radical (unpaired) electrons. The quantitative estimate of drug-likeness (QED) is 0.655. The summed E-state index contributed by atoms with van der Waals surface area (Å²) in [6, 6.07) is 3.43. The van der Waals surface area contributed by atoms with Crippen molar-refractivity contribution >= 4 is 17.8 Å². The van der Waals surface area contributed by atoms with E-state index in [1.807, 2.05) is 13.0 Å². The topological polar surface area (TPSA) is 83.4 Å². The minimum atomic E-state index is -0.227. The number of aryl methyl sites for hydroxylation is 1. The van der Waals surface area contributed by atoms with Crippen LogP contribution in [0.4, 0.5) is 10.5 Å². The molecule has 0 saturated heterocycles. The molecule has 1 aliphatic carbocycles. The molecular formula is C18H26N4O2. The van der Waals surface area contributed by atoms with Crippen molar-refractivity contribution in [2.75, 3.05) is 11.9 Å². The van der Waals surface area contributed by atoms with E-state index in [1.165, 1.54) is 0 Å². The van der Waals surface area contributed by atoms with E-state index in [1.54, 1.807) is 18.3 Å². The predicted molar refractivity (Wildman–Crippen MR) is 93.6 cm³/mol. The number of urea groups is 1. The Morgan fingerprint density at radius 3 is 2.83 bits per heavy atom. The number of hydrogen-bond acceptors (Lipinski definition) is 4. The maximum atomic E-state index is 12.3. The van der Waals surface area contributed by atoms with Crippen molar-refractivity contribution in [1.29, 1.82) is 0 Å². The normalized spacial score (nSPS) is 25.4. The maximum Gasteiger partial charge on any atom is 0.319 e. The molecule has 2 rings (SSSR count). The molecule has 6 nitrogen and oxygen atoms in total. The smallest absolute Gasteiger partial charge is 0.319 e. The number of anilines is 1. The molecule has 1 fully saturated rings. The highest BCUT2D eigenvalue weighted by Crippen LogP contribution is 2.46. The van der Waals surface area contributed by atoms with Crippen LogP contribution in [0.2, 0.25) is 0 Å². The first-order chi connectivity index (χ1) is 11.2. The molecule has 0 spiro atoms. The van der Waals surface area contributed by atoms with Gasteiger partial charge in [0.2, 0.25) is 6.08 Å². The van der Waals surface area contributed by atoms with Gasteiger partial charge in [-0.1, -0.05) is 20.8 Å². The van der Waals surface area contributed by atoms with E-state index in [2.05, 4.69) is 41.4 Å². The highest BCUT2D eigenvalue weighted by molar-refractivity contribution is 5.89.